The van der Waals surface area contributed by atoms with E-state index in [0.29, 0.717) is 11.4 Å². The molecule has 3 rings (SSSR count). The molecule has 0 radical (unpaired) electrons. The van der Waals surface area contributed by atoms with Gasteiger partial charge in [-0.05, 0) is 41.5 Å². The number of rotatable bonds is 15. The number of aliphatic hydroxyl groups excluding tert-OH is 1. The Morgan fingerprint density at radius 1 is 1.15 bits per heavy atom. The zero-order valence-corrected chi connectivity index (χ0v) is 28.9. The van der Waals surface area contributed by atoms with Gasteiger partial charge in [-0.3, -0.25) is 13.9 Å². The smallest absolute Gasteiger partial charge is 0.407 e. The summed E-state index contributed by atoms with van der Waals surface area (Å²) >= 11 is 0.579. The van der Waals surface area contributed by atoms with Crippen LogP contribution in [0.25, 0.3) is 11.2 Å². The van der Waals surface area contributed by atoms with E-state index >= 15 is 0 Å². The molecule has 2 aromatic rings. The summed E-state index contributed by atoms with van der Waals surface area (Å²) in [4.78, 5) is 49.6. The molecule has 19 nitrogen and oxygen atoms in total. The Morgan fingerprint density at radius 2 is 1.79 bits per heavy atom. The Labute approximate surface area is 274 Å². The molecule has 3 heterocycles. The first kappa shape index (κ1) is 38.2. The van der Waals surface area contributed by atoms with E-state index in [9.17, 15) is 29.2 Å². The molecule has 3 unspecified atom stereocenters. The number of carbonyl (C=O) groups excluding carboxylic acids is 3. The Hall–Kier alpha value is -3.26. The van der Waals surface area contributed by atoms with Gasteiger partial charge in [0.2, 0.25) is 11.8 Å². The fraction of sp³-hybridized carbons (Fsp3) is 0.692. The molecule has 0 bridgehead atoms. The van der Waals surface area contributed by atoms with Crippen LogP contribution in [0.4, 0.5) is 10.7 Å². The first-order valence-corrected chi connectivity index (χ1v) is 17.7. The maximum Gasteiger partial charge on any atom is 0.407 e. The van der Waals surface area contributed by atoms with Gasteiger partial charge in [0.15, 0.2) is 17.4 Å². The highest BCUT2D eigenvalue weighted by Crippen LogP contribution is 2.57. The number of alkyl carbamates (subject to hydrolysis) is 1. The molecule has 0 aliphatic carbocycles. The molecule has 21 heteroatoms. The van der Waals surface area contributed by atoms with E-state index in [1.54, 1.807) is 27.7 Å². The van der Waals surface area contributed by atoms with E-state index in [4.69, 9.17) is 29.2 Å². The Bertz CT molecular complexity index is 1480. The first-order chi connectivity index (χ1) is 21.9. The van der Waals surface area contributed by atoms with Gasteiger partial charge in [-0.15, -0.1) is 0 Å². The SMILES string of the molecule is COC(=O)NC(CSP(=O)(N[C@@H](C)C(=O)OC(C)C)OC[C@H]1OC(n2cnc3c(OC)nc(N)nc32)[C@](C)(O)[C@@H]1O)C(=O)OC(C)C. The lowest BCUT2D eigenvalue weighted by molar-refractivity contribution is -0.150. The van der Waals surface area contributed by atoms with Gasteiger partial charge in [-0.2, -0.15) is 9.97 Å². The number of nitrogens with one attached hydrogen (secondary N) is 2. The van der Waals surface area contributed by atoms with Crippen LogP contribution in [0.3, 0.4) is 0 Å². The standard InChI is InChI=1S/C26H42N7O12PS/c1-12(2)43-21(35)14(5)32-46(39,47-10-15(29-25(37)41-8)22(36)44-13(3)4)42-9-16-18(34)26(6,38)23(45-16)33-11-28-17-19(33)30-24(27)31-20(17)40-7/h11-16,18,23,34,38H,9-10H2,1-8H3,(H,29,37)(H,32,39)(H2,27,30,31)/t14-,15?,16+,18+,23?,26+,46?/m0/s1. The van der Waals surface area contributed by atoms with E-state index < -0.39 is 79.7 Å². The monoisotopic (exact) mass is 707 g/mol. The molecular weight excluding hydrogens is 665 g/mol. The maximum atomic E-state index is 14.2. The highest BCUT2D eigenvalue weighted by Gasteiger charge is 2.54. The van der Waals surface area contributed by atoms with Crippen molar-refractivity contribution in [2.24, 2.45) is 0 Å². The van der Waals surface area contributed by atoms with Gasteiger partial charge in [-0.25, -0.2) is 19.7 Å². The summed E-state index contributed by atoms with van der Waals surface area (Å²) in [6.45, 7) is 4.44. The number of aliphatic hydroxyl groups is 2. The van der Waals surface area contributed by atoms with E-state index in [2.05, 4.69) is 30.1 Å². The fourth-order valence-corrected chi connectivity index (χ4v) is 8.21. The van der Waals surface area contributed by atoms with Gasteiger partial charge in [0.05, 0.1) is 39.4 Å². The summed E-state index contributed by atoms with van der Waals surface area (Å²) in [5.74, 6) is -1.98. The molecular formula is C26H42N7O12PS. The largest absolute Gasteiger partial charge is 0.479 e. The normalized spacial score (nSPS) is 23.7. The number of amides is 1. The number of esters is 2. The van der Waals surface area contributed by atoms with Crippen LogP contribution in [0.15, 0.2) is 6.33 Å². The molecule has 1 aliphatic heterocycles. The lowest BCUT2D eigenvalue weighted by Gasteiger charge is -2.27. The van der Waals surface area contributed by atoms with Crippen LogP contribution >= 0.6 is 18.1 Å². The number of imidazole rings is 1. The molecule has 47 heavy (non-hydrogen) atoms. The van der Waals surface area contributed by atoms with Crippen molar-refractivity contribution in [2.45, 2.75) is 89.9 Å². The molecule has 1 saturated heterocycles. The molecule has 7 atom stereocenters. The number of methoxy groups -OCH3 is 2. The van der Waals surface area contributed by atoms with Crippen molar-refractivity contribution >= 4 is 53.2 Å². The minimum Gasteiger partial charge on any atom is -0.479 e. The first-order valence-electron chi connectivity index (χ1n) is 14.4. The van der Waals surface area contributed by atoms with Crippen LogP contribution in [0, 0.1) is 0 Å². The van der Waals surface area contributed by atoms with Crippen LogP contribution in [0.2, 0.25) is 0 Å². The number of nitrogens with zero attached hydrogens (tertiary/aromatic N) is 4. The van der Waals surface area contributed by atoms with E-state index in [-0.39, 0.29) is 28.7 Å². The van der Waals surface area contributed by atoms with Crippen molar-refractivity contribution in [3.63, 3.8) is 0 Å². The van der Waals surface area contributed by atoms with Crippen molar-refractivity contribution < 1.29 is 57.4 Å². The molecule has 0 saturated carbocycles. The van der Waals surface area contributed by atoms with Gasteiger partial charge in [0.25, 0.3) is 0 Å². The lowest BCUT2D eigenvalue weighted by atomic mass is 9.96. The van der Waals surface area contributed by atoms with Crippen molar-refractivity contribution in [3.05, 3.63) is 6.33 Å². The fourth-order valence-electron chi connectivity index (χ4n) is 4.36. The predicted octanol–water partition coefficient (Wildman–Crippen LogP) is 0.890. The van der Waals surface area contributed by atoms with Crippen molar-refractivity contribution in [1.82, 2.24) is 29.9 Å². The molecule has 1 amide bonds. The van der Waals surface area contributed by atoms with Gasteiger partial charge in [0, 0.05) is 5.75 Å². The van der Waals surface area contributed by atoms with E-state index in [1.165, 1.54) is 31.9 Å². The Kier molecular flexibility index (Phi) is 12.8. The second-order valence-electron chi connectivity index (χ2n) is 11.2. The zero-order valence-electron chi connectivity index (χ0n) is 27.2. The molecule has 2 aromatic heterocycles. The number of hydrogen-bond donors (Lipinski definition) is 5. The van der Waals surface area contributed by atoms with Gasteiger partial charge in [0.1, 0.15) is 29.9 Å². The lowest BCUT2D eigenvalue weighted by Crippen LogP contribution is -2.45. The second-order valence-corrected chi connectivity index (χ2v) is 15.5. The van der Waals surface area contributed by atoms with Crippen molar-refractivity contribution in [1.29, 1.82) is 0 Å². The van der Waals surface area contributed by atoms with E-state index in [0.717, 1.165) is 7.11 Å². The Balaban J connectivity index is 1.86. The zero-order chi connectivity index (χ0) is 35.3. The predicted molar refractivity (Wildman–Crippen MR) is 167 cm³/mol. The van der Waals surface area contributed by atoms with Crippen molar-refractivity contribution in [3.8, 4) is 5.88 Å². The highest BCUT2D eigenvalue weighted by atomic mass is 32.7. The summed E-state index contributed by atoms with van der Waals surface area (Å²) < 4.78 is 47.5. The maximum absolute atomic E-state index is 14.2. The number of nitrogen functional groups attached to an aromatic ring is 1. The minimum atomic E-state index is -4.19. The second kappa shape index (κ2) is 15.8. The third kappa shape index (κ3) is 9.43. The number of nitrogens with two attached hydrogens (primary N) is 1. The number of fused-ring (bicyclic) bond motifs is 1. The minimum absolute atomic E-state index is 0.0794. The van der Waals surface area contributed by atoms with Crippen LogP contribution in [0.5, 0.6) is 5.88 Å². The summed E-state index contributed by atoms with van der Waals surface area (Å²) in [6, 6.07) is -2.49. The average molecular weight is 708 g/mol. The molecule has 0 spiro atoms. The quantitative estimate of drug-likeness (QED) is 0.0978. The van der Waals surface area contributed by atoms with E-state index in [1.807, 2.05) is 0 Å². The number of ether oxygens (including phenoxy) is 5. The van der Waals surface area contributed by atoms with Crippen molar-refractivity contribution in [2.75, 3.05) is 32.3 Å². The number of aromatic nitrogens is 4. The highest BCUT2D eigenvalue weighted by molar-refractivity contribution is 8.56. The van der Waals surface area contributed by atoms with Gasteiger partial charge in [-0.1, -0.05) is 11.4 Å². The third-order valence-electron chi connectivity index (χ3n) is 6.60. The van der Waals surface area contributed by atoms with Gasteiger partial charge < -0.3 is 49.5 Å². The summed E-state index contributed by atoms with van der Waals surface area (Å²) in [6.07, 6.45) is -4.80. The summed E-state index contributed by atoms with van der Waals surface area (Å²) in [7, 11) is 2.47. The number of carbonyl (C=O) groups is 3. The molecule has 1 fully saturated rings. The summed E-state index contributed by atoms with van der Waals surface area (Å²) in [5, 5.41) is 27.4. The summed E-state index contributed by atoms with van der Waals surface area (Å²) in [5.41, 5.74) is 4.22. The molecule has 6 N–H and O–H groups in total. The van der Waals surface area contributed by atoms with Crippen LogP contribution in [-0.4, -0.2) is 116 Å². The van der Waals surface area contributed by atoms with Crippen LogP contribution in [-0.2, 0) is 37.6 Å². The number of anilines is 1. The topological polar surface area (TPSA) is 258 Å². The van der Waals surface area contributed by atoms with Crippen LogP contribution < -0.4 is 20.9 Å². The van der Waals surface area contributed by atoms with Crippen LogP contribution in [0.1, 0.15) is 47.8 Å². The molecule has 0 aromatic carbocycles. The average Bonchev–Trinajstić information content (AvgIpc) is 3.49. The Morgan fingerprint density at radius 3 is 2.38 bits per heavy atom. The van der Waals surface area contributed by atoms with Gasteiger partial charge >= 0.3 is 24.8 Å². The molecule has 1 aliphatic rings. The third-order valence-corrected chi connectivity index (χ3v) is 10.7. The molecule has 264 valence electrons. The number of hydrogen-bond acceptors (Lipinski definition) is 17.